The van der Waals surface area contributed by atoms with Crippen LogP contribution in [0.3, 0.4) is 0 Å². The van der Waals surface area contributed by atoms with Gasteiger partial charge in [0.25, 0.3) is 5.56 Å². The molecule has 1 aromatic carbocycles. The molecule has 0 saturated heterocycles. The topological polar surface area (TPSA) is 79.8 Å². The molecule has 1 amide bonds. The number of carbonyl (C=O) groups is 1. The quantitative estimate of drug-likeness (QED) is 0.759. The Morgan fingerprint density at radius 3 is 2.85 bits per heavy atom. The Labute approximate surface area is 151 Å². The summed E-state index contributed by atoms with van der Waals surface area (Å²) in [6, 6.07) is 11.2. The first-order chi connectivity index (χ1) is 12.6. The van der Waals surface area contributed by atoms with Gasteiger partial charge in [0.1, 0.15) is 5.82 Å². The molecule has 0 bridgehead atoms. The van der Waals surface area contributed by atoms with Crippen LogP contribution in [-0.2, 0) is 18.3 Å². The molecule has 6 heteroatoms. The van der Waals surface area contributed by atoms with Crippen molar-refractivity contribution in [3.63, 3.8) is 0 Å². The van der Waals surface area contributed by atoms with Gasteiger partial charge >= 0.3 is 0 Å². The number of aromatic nitrogens is 3. The normalized spacial score (nSPS) is 14.8. The summed E-state index contributed by atoms with van der Waals surface area (Å²) in [5.74, 6) is 1.03. The Morgan fingerprint density at radius 1 is 1.27 bits per heavy atom. The number of anilines is 1. The van der Waals surface area contributed by atoms with Crippen LogP contribution in [0, 0.1) is 0 Å². The van der Waals surface area contributed by atoms with Gasteiger partial charge in [-0.15, -0.1) is 0 Å². The van der Waals surface area contributed by atoms with Gasteiger partial charge in [0, 0.05) is 30.1 Å². The maximum Gasteiger partial charge on any atom is 0.256 e. The van der Waals surface area contributed by atoms with E-state index in [1.54, 1.807) is 10.7 Å². The summed E-state index contributed by atoms with van der Waals surface area (Å²) in [6.45, 7) is 0. The number of H-pyrrole nitrogens is 1. The molecule has 134 valence electrons. The average molecular weight is 350 g/mol. The van der Waals surface area contributed by atoms with Crippen molar-refractivity contribution in [1.82, 2.24) is 14.8 Å². The highest BCUT2D eigenvalue weighted by molar-refractivity contribution is 5.92. The Morgan fingerprint density at radius 2 is 2.04 bits per heavy atom. The maximum absolute atomic E-state index is 12.4. The third kappa shape index (κ3) is 3.27. The molecule has 0 spiro atoms. The molecular weight excluding hydrogens is 328 g/mol. The number of benzene rings is 1. The molecule has 0 aliphatic heterocycles. The molecule has 1 aliphatic rings. The Kier molecular flexibility index (Phi) is 4.32. The van der Waals surface area contributed by atoms with Gasteiger partial charge in [0.15, 0.2) is 0 Å². The SMILES string of the molecule is Cn1nc(C2CCCC2)cc1NC(=O)Cc1cc2ccccc2c(=O)[nH]1. The first-order valence-electron chi connectivity index (χ1n) is 9.05. The van der Waals surface area contributed by atoms with Crippen molar-refractivity contribution >= 4 is 22.5 Å². The van der Waals surface area contributed by atoms with E-state index < -0.39 is 0 Å². The van der Waals surface area contributed by atoms with Crippen molar-refractivity contribution < 1.29 is 4.79 Å². The number of carbonyl (C=O) groups excluding carboxylic acids is 1. The van der Waals surface area contributed by atoms with E-state index in [1.165, 1.54) is 25.7 Å². The van der Waals surface area contributed by atoms with Gasteiger partial charge < -0.3 is 10.3 Å². The molecule has 1 aliphatic carbocycles. The predicted molar refractivity (Wildman–Crippen MR) is 101 cm³/mol. The molecular formula is C20H22N4O2. The second-order valence-corrected chi connectivity index (χ2v) is 7.00. The zero-order valence-corrected chi connectivity index (χ0v) is 14.8. The average Bonchev–Trinajstić information content (AvgIpc) is 3.25. The van der Waals surface area contributed by atoms with Crippen LogP contribution < -0.4 is 10.9 Å². The minimum atomic E-state index is -0.171. The highest BCUT2D eigenvalue weighted by Gasteiger charge is 2.21. The number of pyridine rings is 1. The number of fused-ring (bicyclic) bond motifs is 1. The highest BCUT2D eigenvalue weighted by atomic mass is 16.1. The molecule has 26 heavy (non-hydrogen) atoms. The van der Waals surface area contributed by atoms with Crippen molar-refractivity contribution in [2.75, 3.05) is 5.32 Å². The van der Waals surface area contributed by atoms with Crippen LogP contribution in [0.2, 0.25) is 0 Å². The van der Waals surface area contributed by atoms with Gasteiger partial charge in [-0.05, 0) is 30.4 Å². The monoisotopic (exact) mass is 350 g/mol. The summed E-state index contributed by atoms with van der Waals surface area (Å²) < 4.78 is 1.72. The summed E-state index contributed by atoms with van der Waals surface area (Å²) in [5.41, 5.74) is 1.48. The van der Waals surface area contributed by atoms with E-state index in [1.807, 2.05) is 37.4 Å². The van der Waals surface area contributed by atoms with Crippen molar-refractivity contribution in [1.29, 1.82) is 0 Å². The van der Waals surface area contributed by atoms with Crippen molar-refractivity contribution in [2.45, 2.75) is 38.0 Å². The molecule has 2 N–H and O–H groups in total. The van der Waals surface area contributed by atoms with Crippen LogP contribution in [0.4, 0.5) is 5.82 Å². The zero-order chi connectivity index (χ0) is 18.1. The van der Waals surface area contributed by atoms with Gasteiger partial charge in [-0.25, -0.2) is 0 Å². The molecule has 6 nitrogen and oxygen atoms in total. The number of hydrogen-bond acceptors (Lipinski definition) is 3. The van der Waals surface area contributed by atoms with Crippen molar-refractivity contribution in [3.05, 3.63) is 58.1 Å². The number of rotatable bonds is 4. The molecule has 0 unspecified atom stereocenters. The lowest BCUT2D eigenvalue weighted by molar-refractivity contribution is -0.115. The second kappa shape index (κ2) is 6.78. The summed E-state index contributed by atoms with van der Waals surface area (Å²) in [4.78, 5) is 27.4. The lowest BCUT2D eigenvalue weighted by Crippen LogP contribution is -2.19. The van der Waals surface area contributed by atoms with Gasteiger partial charge in [-0.2, -0.15) is 5.10 Å². The molecule has 2 heterocycles. The van der Waals surface area contributed by atoms with E-state index in [2.05, 4.69) is 15.4 Å². The van der Waals surface area contributed by atoms with Crippen LogP contribution in [0.15, 0.2) is 41.2 Å². The van der Waals surface area contributed by atoms with Gasteiger partial charge in [-0.1, -0.05) is 31.0 Å². The fourth-order valence-corrected chi connectivity index (χ4v) is 3.75. The van der Waals surface area contributed by atoms with E-state index in [-0.39, 0.29) is 17.9 Å². The van der Waals surface area contributed by atoms with E-state index in [0.717, 1.165) is 11.1 Å². The first-order valence-corrected chi connectivity index (χ1v) is 9.05. The number of hydrogen-bond donors (Lipinski definition) is 2. The van der Waals surface area contributed by atoms with Gasteiger partial charge in [-0.3, -0.25) is 14.3 Å². The number of aromatic amines is 1. The van der Waals surface area contributed by atoms with Crippen molar-refractivity contribution in [3.8, 4) is 0 Å². The van der Waals surface area contributed by atoms with Crippen LogP contribution in [0.1, 0.15) is 43.0 Å². The van der Waals surface area contributed by atoms with E-state index in [4.69, 9.17) is 0 Å². The molecule has 2 aromatic heterocycles. The van der Waals surface area contributed by atoms with Crippen LogP contribution in [0.5, 0.6) is 0 Å². The summed E-state index contributed by atoms with van der Waals surface area (Å²) in [5, 5.41) is 8.93. The van der Waals surface area contributed by atoms with Gasteiger partial charge in [0.2, 0.25) is 5.91 Å². The number of amides is 1. The predicted octanol–water partition coefficient (Wildman–Crippen LogP) is 3.10. The van der Waals surface area contributed by atoms with Gasteiger partial charge in [0.05, 0.1) is 12.1 Å². The lowest BCUT2D eigenvalue weighted by Gasteiger charge is -2.06. The fraction of sp³-hybridized carbons (Fsp3) is 0.350. The summed E-state index contributed by atoms with van der Waals surface area (Å²) >= 11 is 0. The van der Waals surface area contributed by atoms with E-state index in [9.17, 15) is 9.59 Å². The zero-order valence-electron chi connectivity index (χ0n) is 14.8. The molecule has 1 fully saturated rings. The lowest BCUT2D eigenvalue weighted by atomic mass is 10.0. The van der Waals surface area contributed by atoms with Crippen LogP contribution >= 0.6 is 0 Å². The smallest absolute Gasteiger partial charge is 0.256 e. The first kappa shape index (κ1) is 16.6. The molecule has 1 saturated carbocycles. The fourth-order valence-electron chi connectivity index (χ4n) is 3.75. The molecule has 0 radical (unpaired) electrons. The number of nitrogens with one attached hydrogen (secondary N) is 2. The summed E-state index contributed by atoms with van der Waals surface area (Å²) in [7, 11) is 1.84. The largest absolute Gasteiger partial charge is 0.325 e. The third-order valence-electron chi connectivity index (χ3n) is 5.10. The molecule has 4 rings (SSSR count). The number of nitrogens with zero attached hydrogens (tertiary/aromatic N) is 2. The maximum atomic E-state index is 12.4. The standard InChI is InChI=1S/C20H22N4O2/c1-24-18(12-17(23-24)13-6-2-3-7-13)22-19(25)11-15-10-14-8-4-5-9-16(14)20(26)21-15/h4-5,8-10,12-13H,2-3,6-7,11H2,1H3,(H,21,26)(H,22,25). The van der Waals surface area contributed by atoms with Crippen LogP contribution in [0.25, 0.3) is 10.8 Å². The summed E-state index contributed by atoms with van der Waals surface area (Å²) in [6.07, 6.45) is 4.95. The minimum Gasteiger partial charge on any atom is -0.325 e. The minimum absolute atomic E-state index is 0.115. The van der Waals surface area contributed by atoms with E-state index in [0.29, 0.717) is 22.8 Å². The number of aryl methyl sites for hydroxylation is 1. The molecule has 3 aromatic rings. The Balaban J connectivity index is 1.50. The Hall–Kier alpha value is -2.89. The highest BCUT2D eigenvalue weighted by Crippen LogP contribution is 2.34. The Bertz CT molecular complexity index is 1010. The van der Waals surface area contributed by atoms with Crippen molar-refractivity contribution in [2.24, 2.45) is 7.05 Å². The van der Waals surface area contributed by atoms with E-state index >= 15 is 0 Å². The van der Waals surface area contributed by atoms with Crippen LogP contribution in [-0.4, -0.2) is 20.7 Å². The third-order valence-corrected chi connectivity index (χ3v) is 5.10. The second-order valence-electron chi connectivity index (χ2n) is 7.00. The molecule has 0 atom stereocenters.